The normalized spacial score (nSPS) is 12.8. The highest BCUT2D eigenvalue weighted by Crippen LogP contribution is 2.23. The summed E-state index contributed by atoms with van der Waals surface area (Å²) >= 11 is 1.52. The summed E-state index contributed by atoms with van der Waals surface area (Å²) in [6, 6.07) is 8.41. The lowest BCUT2D eigenvalue weighted by Gasteiger charge is -2.13. The number of nitrogens with one attached hydrogen (secondary N) is 1. The quantitative estimate of drug-likeness (QED) is 0.921. The molecule has 1 amide bonds. The summed E-state index contributed by atoms with van der Waals surface area (Å²) in [6.07, 6.45) is -4.74. The minimum atomic E-state index is -4.74. The number of hydrogen-bond donors (Lipinski definition) is 1. The van der Waals surface area contributed by atoms with Gasteiger partial charge in [0, 0.05) is 10.4 Å². The first-order valence-corrected chi connectivity index (χ1v) is 6.93. The Labute approximate surface area is 123 Å². The molecule has 0 aliphatic heterocycles. The Bertz CT molecular complexity index is 594. The molecule has 2 rings (SSSR count). The zero-order valence-corrected chi connectivity index (χ0v) is 11.8. The molecule has 1 atom stereocenters. The van der Waals surface area contributed by atoms with E-state index < -0.39 is 6.36 Å². The second-order valence-electron chi connectivity index (χ2n) is 4.28. The van der Waals surface area contributed by atoms with Crippen LogP contribution >= 0.6 is 11.3 Å². The van der Waals surface area contributed by atoms with E-state index in [4.69, 9.17) is 0 Å². The minimum absolute atomic E-state index is 0.163. The minimum Gasteiger partial charge on any atom is -0.406 e. The van der Waals surface area contributed by atoms with Crippen molar-refractivity contribution in [3.8, 4) is 5.75 Å². The van der Waals surface area contributed by atoms with Crippen molar-refractivity contribution in [2.75, 3.05) is 0 Å². The Morgan fingerprint density at radius 3 is 2.43 bits per heavy atom. The van der Waals surface area contributed by atoms with Crippen molar-refractivity contribution in [1.82, 2.24) is 5.32 Å². The van der Waals surface area contributed by atoms with Crippen molar-refractivity contribution >= 4 is 17.2 Å². The van der Waals surface area contributed by atoms with E-state index in [1.54, 1.807) is 0 Å². The lowest BCUT2D eigenvalue weighted by Crippen LogP contribution is -2.26. The van der Waals surface area contributed by atoms with Gasteiger partial charge in [-0.1, -0.05) is 6.07 Å². The molecular weight excluding hydrogens is 303 g/mol. The van der Waals surface area contributed by atoms with Crippen LogP contribution in [-0.2, 0) is 0 Å². The van der Waals surface area contributed by atoms with Gasteiger partial charge in [-0.25, -0.2) is 0 Å². The van der Waals surface area contributed by atoms with Crippen molar-refractivity contribution in [3.05, 3.63) is 52.2 Å². The highest BCUT2D eigenvalue weighted by atomic mass is 32.1. The van der Waals surface area contributed by atoms with Crippen molar-refractivity contribution in [2.24, 2.45) is 0 Å². The Hall–Kier alpha value is -2.02. The molecule has 1 heterocycles. The smallest absolute Gasteiger partial charge is 0.406 e. The zero-order chi connectivity index (χ0) is 15.5. The number of benzene rings is 1. The number of carbonyl (C=O) groups is 1. The van der Waals surface area contributed by atoms with Crippen LogP contribution in [0.15, 0.2) is 41.8 Å². The summed E-state index contributed by atoms with van der Waals surface area (Å²) in [5, 5.41) is 4.68. The van der Waals surface area contributed by atoms with E-state index in [-0.39, 0.29) is 23.3 Å². The number of alkyl halides is 3. The molecule has 112 valence electrons. The lowest BCUT2D eigenvalue weighted by molar-refractivity contribution is -0.274. The van der Waals surface area contributed by atoms with Gasteiger partial charge in [-0.2, -0.15) is 0 Å². The van der Waals surface area contributed by atoms with Gasteiger partial charge >= 0.3 is 6.36 Å². The second-order valence-corrected chi connectivity index (χ2v) is 5.26. The van der Waals surface area contributed by atoms with Gasteiger partial charge in [0.1, 0.15) is 5.75 Å². The number of halogens is 3. The molecule has 1 aromatic heterocycles. The van der Waals surface area contributed by atoms with Gasteiger partial charge in [0.15, 0.2) is 0 Å². The fourth-order valence-electron chi connectivity index (χ4n) is 1.70. The molecule has 0 spiro atoms. The average molecular weight is 315 g/mol. The van der Waals surface area contributed by atoms with Gasteiger partial charge in [-0.3, -0.25) is 4.79 Å². The van der Waals surface area contributed by atoms with Gasteiger partial charge in [0.25, 0.3) is 5.91 Å². The van der Waals surface area contributed by atoms with Crippen LogP contribution in [0.3, 0.4) is 0 Å². The molecule has 0 bridgehead atoms. The molecule has 0 radical (unpaired) electrons. The van der Waals surface area contributed by atoms with Crippen molar-refractivity contribution in [1.29, 1.82) is 0 Å². The van der Waals surface area contributed by atoms with Crippen LogP contribution in [0.25, 0.3) is 0 Å². The van der Waals surface area contributed by atoms with Crippen molar-refractivity contribution in [2.45, 2.75) is 19.3 Å². The summed E-state index contributed by atoms with van der Waals surface area (Å²) in [7, 11) is 0. The first-order chi connectivity index (χ1) is 9.85. The Morgan fingerprint density at radius 1 is 1.24 bits per heavy atom. The van der Waals surface area contributed by atoms with E-state index in [0.29, 0.717) is 0 Å². The standard InChI is InChI=1S/C14H12F3NO2S/c1-9(12-3-2-8-21-12)18-13(19)10-4-6-11(7-5-10)20-14(15,16)17/h2-9H,1H3,(H,18,19)/t9-/m0/s1. The monoisotopic (exact) mass is 315 g/mol. The van der Waals surface area contributed by atoms with Gasteiger partial charge in [0.2, 0.25) is 0 Å². The van der Waals surface area contributed by atoms with E-state index >= 15 is 0 Å². The lowest BCUT2D eigenvalue weighted by atomic mass is 10.2. The molecule has 21 heavy (non-hydrogen) atoms. The number of carbonyl (C=O) groups excluding carboxylic acids is 1. The highest BCUT2D eigenvalue weighted by Gasteiger charge is 2.31. The number of ether oxygens (including phenoxy) is 1. The first-order valence-electron chi connectivity index (χ1n) is 6.05. The fraction of sp³-hybridized carbons (Fsp3) is 0.214. The van der Waals surface area contributed by atoms with Gasteiger partial charge in [-0.15, -0.1) is 24.5 Å². The van der Waals surface area contributed by atoms with E-state index in [1.807, 2.05) is 24.4 Å². The number of rotatable bonds is 4. The molecule has 2 aromatic rings. The topological polar surface area (TPSA) is 38.3 Å². The summed E-state index contributed by atoms with van der Waals surface area (Å²) in [5.41, 5.74) is 0.271. The second kappa shape index (κ2) is 6.17. The predicted molar refractivity (Wildman–Crippen MR) is 73.3 cm³/mol. The average Bonchev–Trinajstić information content (AvgIpc) is 2.91. The zero-order valence-electron chi connectivity index (χ0n) is 11.0. The van der Waals surface area contributed by atoms with E-state index in [1.165, 1.54) is 23.5 Å². The molecular formula is C14H12F3NO2S. The first kappa shape index (κ1) is 15.4. The van der Waals surface area contributed by atoms with Crippen LogP contribution in [0.2, 0.25) is 0 Å². The molecule has 0 unspecified atom stereocenters. The summed E-state index contributed by atoms with van der Waals surface area (Å²) < 4.78 is 39.8. The number of hydrogen-bond acceptors (Lipinski definition) is 3. The predicted octanol–water partition coefficient (Wildman–Crippen LogP) is 4.14. The SMILES string of the molecule is C[C@H](NC(=O)c1ccc(OC(F)(F)F)cc1)c1cccs1. The molecule has 1 N–H and O–H groups in total. The molecule has 0 saturated carbocycles. The molecule has 0 fully saturated rings. The van der Waals surface area contributed by atoms with Crippen LogP contribution in [-0.4, -0.2) is 12.3 Å². The molecule has 3 nitrogen and oxygen atoms in total. The Morgan fingerprint density at radius 2 is 1.90 bits per heavy atom. The molecule has 0 saturated heterocycles. The van der Waals surface area contributed by atoms with Gasteiger partial charge in [-0.05, 0) is 42.6 Å². The van der Waals surface area contributed by atoms with E-state index in [0.717, 1.165) is 17.0 Å². The number of amides is 1. The highest BCUT2D eigenvalue weighted by molar-refractivity contribution is 7.10. The third kappa shape index (κ3) is 4.49. The van der Waals surface area contributed by atoms with Gasteiger partial charge < -0.3 is 10.1 Å². The fourth-order valence-corrected chi connectivity index (χ4v) is 2.43. The Balaban J connectivity index is 2.00. The summed E-state index contributed by atoms with van der Waals surface area (Å²) in [5.74, 6) is -0.709. The largest absolute Gasteiger partial charge is 0.573 e. The molecule has 1 aromatic carbocycles. The summed E-state index contributed by atoms with van der Waals surface area (Å²) in [6.45, 7) is 1.84. The number of thiophene rings is 1. The van der Waals surface area contributed by atoms with Crippen LogP contribution in [0.4, 0.5) is 13.2 Å². The summed E-state index contributed by atoms with van der Waals surface area (Å²) in [4.78, 5) is 13.0. The maximum atomic E-state index is 12.0. The van der Waals surface area contributed by atoms with E-state index in [2.05, 4.69) is 10.1 Å². The molecule has 7 heteroatoms. The van der Waals surface area contributed by atoms with Gasteiger partial charge in [0.05, 0.1) is 6.04 Å². The Kier molecular flexibility index (Phi) is 4.52. The van der Waals surface area contributed by atoms with Crippen molar-refractivity contribution < 1.29 is 22.7 Å². The van der Waals surface area contributed by atoms with Crippen molar-refractivity contribution in [3.63, 3.8) is 0 Å². The van der Waals surface area contributed by atoms with Crippen LogP contribution in [0, 0.1) is 0 Å². The van der Waals surface area contributed by atoms with Crippen LogP contribution < -0.4 is 10.1 Å². The molecule has 0 aliphatic carbocycles. The van der Waals surface area contributed by atoms with E-state index in [9.17, 15) is 18.0 Å². The maximum Gasteiger partial charge on any atom is 0.573 e. The van der Waals surface area contributed by atoms with Crippen LogP contribution in [0.1, 0.15) is 28.2 Å². The van der Waals surface area contributed by atoms with Crippen LogP contribution in [0.5, 0.6) is 5.75 Å². The third-order valence-electron chi connectivity index (χ3n) is 2.67. The third-order valence-corrected chi connectivity index (χ3v) is 3.72. The maximum absolute atomic E-state index is 12.0. The molecule has 0 aliphatic rings.